The summed E-state index contributed by atoms with van der Waals surface area (Å²) in [6.07, 6.45) is 3.41. The fourth-order valence-electron chi connectivity index (χ4n) is 2.64. The van der Waals surface area contributed by atoms with Crippen LogP contribution in [0.15, 0.2) is 24.5 Å². The van der Waals surface area contributed by atoms with Crippen molar-refractivity contribution in [2.75, 3.05) is 0 Å². The SMILES string of the molecule is Cc1cnn(C)c1-c1c(C)c(C(=O)O)c2cccnn12. The summed E-state index contributed by atoms with van der Waals surface area (Å²) in [7, 11) is 1.84. The Kier molecular flexibility index (Phi) is 2.60. The van der Waals surface area contributed by atoms with Gasteiger partial charge in [0.05, 0.1) is 28.7 Å². The molecule has 0 saturated heterocycles. The van der Waals surface area contributed by atoms with Crippen LogP contribution in [0.3, 0.4) is 0 Å². The zero-order valence-corrected chi connectivity index (χ0v) is 11.5. The summed E-state index contributed by atoms with van der Waals surface area (Å²) in [4.78, 5) is 11.5. The summed E-state index contributed by atoms with van der Waals surface area (Å²) < 4.78 is 3.41. The Labute approximate surface area is 115 Å². The molecule has 0 atom stereocenters. The van der Waals surface area contributed by atoms with Crippen molar-refractivity contribution >= 4 is 11.5 Å². The Hall–Kier alpha value is -2.63. The van der Waals surface area contributed by atoms with Gasteiger partial charge in [0.2, 0.25) is 0 Å². The minimum atomic E-state index is -0.945. The fraction of sp³-hybridized carbons (Fsp3) is 0.214. The number of rotatable bonds is 2. The van der Waals surface area contributed by atoms with E-state index in [0.717, 1.165) is 17.0 Å². The van der Waals surface area contributed by atoms with Crippen LogP contribution in [0.4, 0.5) is 0 Å². The summed E-state index contributed by atoms with van der Waals surface area (Å²) in [5.74, 6) is -0.945. The van der Waals surface area contributed by atoms with E-state index in [-0.39, 0.29) is 5.56 Å². The highest BCUT2D eigenvalue weighted by molar-refractivity contribution is 6.00. The number of hydrogen-bond acceptors (Lipinski definition) is 3. The Morgan fingerprint density at radius 3 is 2.60 bits per heavy atom. The molecule has 0 aliphatic heterocycles. The van der Waals surface area contributed by atoms with E-state index in [1.54, 1.807) is 40.6 Å². The van der Waals surface area contributed by atoms with E-state index in [9.17, 15) is 9.90 Å². The number of carboxylic acid groups (broad SMARTS) is 1. The van der Waals surface area contributed by atoms with Crippen LogP contribution >= 0.6 is 0 Å². The third-order valence-electron chi connectivity index (χ3n) is 3.51. The molecule has 102 valence electrons. The molecule has 6 heteroatoms. The lowest BCUT2D eigenvalue weighted by Gasteiger charge is -2.05. The highest BCUT2D eigenvalue weighted by Crippen LogP contribution is 2.32. The molecule has 0 saturated carbocycles. The monoisotopic (exact) mass is 270 g/mol. The van der Waals surface area contributed by atoms with Crippen molar-refractivity contribution in [1.29, 1.82) is 0 Å². The molecular formula is C14H14N4O2. The van der Waals surface area contributed by atoms with Crippen LogP contribution in [0, 0.1) is 13.8 Å². The van der Waals surface area contributed by atoms with Gasteiger partial charge >= 0.3 is 5.97 Å². The molecule has 3 aromatic rings. The van der Waals surface area contributed by atoms with Crippen LogP contribution in [0.1, 0.15) is 21.5 Å². The molecule has 3 rings (SSSR count). The van der Waals surface area contributed by atoms with E-state index in [2.05, 4.69) is 10.2 Å². The van der Waals surface area contributed by atoms with Gasteiger partial charge in [-0.05, 0) is 37.1 Å². The van der Waals surface area contributed by atoms with Gasteiger partial charge in [0.25, 0.3) is 0 Å². The predicted molar refractivity (Wildman–Crippen MR) is 73.8 cm³/mol. The number of nitrogens with zero attached hydrogens (tertiary/aromatic N) is 4. The highest BCUT2D eigenvalue weighted by Gasteiger charge is 2.24. The molecule has 0 aromatic carbocycles. The Bertz CT molecular complexity index is 810. The van der Waals surface area contributed by atoms with Gasteiger partial charge in [0, 0.05) is 13.2 Å². The molecule has 0 spiro atoms. The first-order valence-corrected chi connectivity index (χ1v) is 6.21. The average molecular weight is 270 g/mol. The van der Waals surface area contributed by atoms with Crippen molar-refractivity contribution in [2.24, 2.45) is 7.05 Å². The van der Waals surface area contributed by atoms with E-state index in [4.69, 9.17) is 0 Å². The van der Waals surface area contributed by atoms with E-state index < -0.39 is 5.97 Å². The topological polar surface area (TPSA) is 72.4 Å². The number of fused-ring (bicyclic) bond motifs is 1. The maximum absolute atomic E-state index is 11.5. The number of aryl methyl sites for hydroxylation is 2. The van der Waals surface area contributed by atoms with Crippen LogP contribution < -0.4 is 0 Å². The Morgan fingerprint density at radius 1 is 1.25 bits per heavy atom. The average Bonchev–Trinajstić information content (AvgIpc) is 2.87. The summed E-state index contributed by atoms with van der Waals surface area (Å²) >= 11 is 0. The number of hydrogen-bond donors (Lipinski definition) is 1. The first kappa shape index (κ1) is 12.4. The summed E-state index contributed by atoms with van der Waals surface area (Å²) in [5, 5.41) is 18.0. The fourth-order valence-corrected chi connectivity index (χ4v) is 2.64. The number of carboxylic acids is 1. The van der Waals surface area contributed by atoms with Gasteiger partial charge in [-0.2, -0.15) is 10.2 Å². The van der Waals surface area contributed by atoms with Gasteiger partial charge < -0.3 is 5.11 Å². The molecular weight excluding hydrogens is 256 g/mol. The Balaban J connectivity index is 2.49. The summed E-state index contributed by atoms with van der Waals surface area (Å²) in [6, 6.07) is 3.50. The lowest BCUT2D eigenvalue weighted by molar-refractivity contribution is 0.0698. The van der Waals surface area contributed by atoms with Gasteiger partial charge in [-0.1, -0.05) is 0 Å². The molecule has 0 aliphatic rings. The second-order valence-corrected chi connectivity index (χ2v) is 4.77. The standard InChI is InChI=1S/C14H14N4O2/c1-8-7-16-17(3)12(8)13-9(2)11(14(19)20)10-5-4-6-15-18(10)13/h4-7H,1-3H3,(H,19,20). The zero-order valence-electron chi connectivity index (χ0n) is 11.5. The van der Waals surface area contributed by atoms with Crippen molar-refractivity contribution in [3.63, 3.8) is 0 Å². The highest BCUT2D eigenvalue weighted by atomic mass is 16.4. The third kappa shape index (κ3) is 1.54. The first-order valence-electron chi connectivity index (χ1n) is 6.21. The minimum absolute atomic E-state index is 0.286. The number of aromatic nitrogens is 4. The molecule has 0 unspecified atom stereocenters. The van der Waals surface area contributed by atoms with Crippen LogP contribution in [0.25, 0.3) is 16.9 Å². The lowest BCUT2D eigenvalue weighted by atomic mass is 10.1. The Morgan fingerprint density at radius 2 is 2.00 bits per heavy atom. The molecule has 0 aliphatic carbocycles. The summed E-state index contributed by atoms with van der Waals surface area (Å²) in [5.41, 5.74) is 4.21. The molecule has 0 amide bonds. The second kappa shape index (κ2) is 4.19. The molecule has 3 heterocycles. The van der Waals surface area contributed by atoms with E-state index in [0.29, 0.717) is 11.1 Å². The normalized spacial score (nSPS) is 11.2. The molecule has 20 heavy (non-hydrogen) atoms. The van der Waals surface area contributed by atoms with Crippen molar-refractivity contribution in [3.05, 3.63) is 41.2 Å². The van der Waals surface area contributed by atoms with Crippen molar-refractivity contribution in [1.82, 2.24) is 19.4 Å². The molecule has 3 aromatic heterocycles. The van der Waals surface area contributed by atoms with E-state index >= 15 is 0 Å². The van der Waals surface area contributed by atoms with Crippen LogP contribution in [-0.4, -0.2) is 30.5 Å². The number of aromatic carboxylic acids is 1. The van der Waals surface area contributed by atoms with Crippen molar-refractivity contribution in [2.45, 2.75) is 13.8 Å². The first-order chi connectivity index (χ1) is 9.52. The zero-order chi connectivity index (χ0) is 14.4. The van der Waals surface area contributed by atoms with Gasteiger partial charge in [0.15, 0.2) is 0 Å². The number of carbonyl (C=O) groups is 1. The van der Waals surface area contributed by atoms with Gasteiger partial charge in [-0.25, -0.2) is 9.31 Å². The van der Waals surface area contributed by atoms with Crippen LogP contribution in [0.5, 0.6) is 0 Å². The maximum atomic E-state index is 11.5. The lowest BCUT2D eigenvalue weighted by Crippen LogP contribution is -2.00. The molecule has 0 radical (unpaired) electrons. The van der Waals surface area contributed by atoms with Crippen LogP contribution in [0.2, 0.25) is 0 Å². The van der Waals surface area contributed by atoms with Crippen LogP contribution in [-0.2, 0) is 7.05 Å². The van der Waals surface area contributed by atoms with E-state index in [1.807, 2.05) is 14.0 Å². The van der Waals surface area contributed by atoms with Crippen molar-refractivity contribution < 1.29 is 9.90 Å². The largest absolute Gasteiger partial charge is 0.478 e. The third-order valence-corrected chi connectivity index (χ3v) is 3.51. The van der Waals surface area contributed by atoms with E-state index in [1.165, 1.54) is 0 Å². The van der Waals surface area contributed by atoms with Gasteiger partial charge in [-0.15, -0.1) is 0 Å². The molecule has 0 fully saturated rings. The van der Waals surface area contributed by atoms with Crippen molar-refractivity contribution in [3.8, 4) is 11.4 Å². The molecule has 6 nitrogen and oxygen atoms in total. The maximum Gasteiger partial charge on any atom is 0.338 e. The molecule has 0 bridgehead atoms. The smallest absolute Gasteiger partial charge is 0.338 e. The minimum Gasteiger partial charge on any atom is -0.478 e. The molecule has 1 N–H and O–H groups in total. The second-order valence-electron chi connectivity index (χ2n) is 4.77. The van der Waals surface area contributed by atoms with Gasteiger partial charge in [-0.3, -0.25) is 4.68 Å². The predicted octanol–water partition coefficient (Wildman–Crippen LogP) is 2.05. The quantitative estimate of drug-likeness (QED) is 0.773. The van der Waals surface area contributed by atoms with Gasteiger partial charge in [0.1, 0.15) is 0 Å². The summed E-state index contributed by atoms with van der Waals surface area (Å²) in [6.45, 7) is 3.75.